The number of halogens is 1. The Labute approximate surface area is 190 Å². The maximum Gasteiger partial charge on any atom is 0.324 e. The molecule has 0 fully saturated rings. The van der Waals surface area contributed by atoms with Gasteiger partial charge >= 0.3 is 5.97 Å². The first-order chi connectivity index (χ1) is 15.4. The molecule has 1 N–H and O–H groups in total. The predicted molar refractivity (Wildman–Crippen MR) is 123 cm³/mol. The van der Waals surface area contributed by atoms with Gasteiger partial charge in [-0.25, -0.2) is 0 Å². The second kappa shape index (κ2) is 7.94. The number of nitrogens with zero attached hydrogens (tertiary/aromatic N) is 6. The van der Waals surface area contributed by atoms with Crippen LogP contribution < -0.4 is 4.90 Å². The third kappa shape index (κ3) is 3.60. The van der Waals surface area contributed by atoms with Gasteiger partial charge in [-0.2, -0.15) is 5.10 Å². The van der Waals surface area contributed by atoms with Crippen LogP contribution >= 0.6 is 11.6 Å². The zero-order chi connectivity index (χ0) is 22.4. The first kappa shape index (κ1) is 20.5. The SMILES string of the molecule is Cc1nnc2n1-c1ccc(C3C=NN(CC(=O)O)C3)cc1N(c1ccc(Cl)cc1)C[C@H]2C. The summed E-state index contributed by atoms with van der Waals surface area (Å²) in [5, 5.41) is 24.4. The summed E-state index contributed by atoms with van der Waals surface area (Å²) in [5.74, 6) is 1.07. The van der Waals surface area contributed by atoms with Crippen molar-refractivity contribution >= 4 is 35.2 Å². The molecular weight excluding hydrogens is 428 g/mol. The lowest BCUT2D eigenvalue weighted by atomic mass is 9.99. The lowest BCUT2D eigenvalue weighted by Gasteiger charge is -2.27. The van der Waals surface area contributed by atoms with Gasteiger partial charge in [0.2, 0.25) is 0 Å². The number of anilines is 2. The van der Waals surface area contributed by atoms with E-state index in [2.05, 4.69) is 49.9 Å². The summed E-state index contributed by atoms with van der Waals surface area (Å²) in [5.41, 5.74) is 4.19. The quantitative estimate of drug-likeness (QED) is 0.647. The first-order valence-electron chi connectivity index (χ1n) is 10.5. The fourth-order valence-corrected chi connectivity index (χ4v) is 4.57. The van der Waals surface area contributed by atoms with Crippen LogP contribution in [0.2, 0.25) is 5.02 Å². The highest BCUT2D eigenvalue weighted by Gasteiger charge is 2.30. The minimum absolute atomic E-state index is 0.0221. The zero-order valence-corrected chi connectivity index (χ0v) is 18.6. The van der Waals surface area contributed by atoms with Gasteiger partial charge in [0.1, 0.15) is 18.2 Å². The van der Waals surface area contributed by atoms with Gasteiger partial charge in [0.15, 0.2) is 0 Å². The van der Waals surface area contributed by atoms with Gasteiger partial charge in [0.05, 0.1) is 11.4 Å². The van der Waals surface area contributed by atoms with Crippen LogP contribution in [-0.2, 0) is 4.79 Å². The third-order valence-electron chi connectivity index (χ3n) is 5.98. The van der Waals surface area contributed by atoms with Crippen LogP contribution in [0.25, 0.3) is 5.69 Å². The van der Waals surface area contributed by atoms with Crippen LogP contribution in [0.5, 0.6) is 0 Å². The van der Waals surface area contributed by atoms with Crippen LogP contribution in [0.15, 0.2) is 47.6 Å². The summed E-state index contributed by atoms with van der Waals surface area (Å²) in [6, 6.07) is 14.2. The van der Waals surface area contributed by atoms with Crippen LogP contribution in [0.4, 0.5) is 11.4 Å². The van der Waals surface area contributed by atoms with Crippen molar-refractivity contribution in [2.24, 2.45) is 5.10 Å². The van der Waals surface area contributed by atoms with E-state index in [0.29, 0.717) is 11.6 Å². The number of carboxylic acid groups (broad SMARTS) is 1. The van der Waals surface area contributed by atoms with E-state index in [-0.39, 0.29) is 18.4 Å². The van der Waals surface area contributed by atoms with Gasteiger partial charge in [0, 0.05) is 41.8 Å². The standard InChI is InChI=1S/C23H23ClN6O2/c1-14-11-29(19-6-4-18(24)5-7-19)21-9-16(17-10-25-28(12-17)13-22(31)32)3-8-20(21)30-15(2)26-27-23(14)30/h3-10,14,17H,11-13H2,1-2H3,(H,31,32)/t14-,17?/m1/s1. The molecule has 3 heterocycles. The highest BCUT2D eigenvalue weighted by atomic mass is 35.5. The summed E-state index contributed by atoms with van der Waals surface area (Å²) >= 11 is 6.15. The Bertz CT molecular complexity index is 1210. The molecule has 1 unspecified atom stereocenters. The van der Waals surface area contributed by atoms with Crippen molar-refractivity contribution < 1.29 is 9.90 Å². The van der Waals surface area contributed by atoms with E-state index < -0.39 is 5.97 Å². The maximum absolute atomic E-state index is 11.1. The number of aliphatic carboxylic acids is 1. The number of fused-ring (bicyclic) bond motifs is 3. The van der Waals surface area contributed by atoms with Crippen molar-refractivity contribution in [3.05, 3.63) is 64.7 Å². The second-order valence-electron chi connectivity index (χ2n) is 8.29. The number of hydrazone groups is 1. The Balaban J connectivity index is 1.60. The van der Waals surface area contributed by atoms with E-state index in [4.69, 9.17) is 16.7 Å². The average molecular weight is 451 g/mol. The van der Waals surface area contributed by atoms with Crippen LogP contribution in [0, 0.1) is 6.92 Å². The number of hydrogen-bond acceptors (Lipinski definition) is 6. The highest BCUT2D eigenvalue weighted by molar-refractivity contribution is 6.30. The largest absolute Gasteiger partial charge is 0.480 e. The molecule has 0 radical (unpaired) electrons. The monoisotopic (exact) mass is 450 g/mol. The van der Waals surface area contributed by atoms with E-state index in [1.165, 1.54) is 0 Å². The Kier molecular flexibility index (Phi) is 5.09. The Hall–Kier alpha value is -3.39. The molecule has 164 valence electrons. The molecule has 3 aromatic rings. The van der Waals surface area contributed by atoms with Gasteiger partial charge in [-0.05, 0) is 48.9 Å². The molecule has 0 saturated carbocycles. The van der Waals surface area contributed by atoms with E-state index in [9.17, 15) is 4.79 Å². The van der Waals surface area contributed by atoms with E-state index in [1.54, 1.807) is 5.01 Å². The minimum atomic E-state index is -0.886. The molecule has 9 heteroatoms. The molecule has 2 aromatic carbocycles. The fraction of sp³-hybridized carbons (Fsp3) is 0.304. The Morgan fingerprint density at radius 3 is 2.66 bits per heavy atom. The van der Waals surface area contributed by atoms with E-state index >= 15 is 0 Å². The van der Waals surface area contributed by atoms with Gasteiger partial charge in [-0.15, -0.1) is 10.2 Å². The van der Waals surface area contributed by atoms with Crippen LogP contribution in [0.1, 0.15) is 36.0 Å². The summed E-state index contributed by atoms with van der Waals surface area (Å²) < 4.78 is 2.12. The van der Waals surface area contributed by atoms with Gasteiger partial charge in [-0.1, -0.05) is 24.6 Å². The Morgan fingerprint density at radius 2 is 1.91 bits per heavy atom. The van der Waals surface area contributed by atoms with Crippen molar-refractivity contribution in [1.82, 2.24) is 19.8 Å². The van der Waals surface area contributed by atoms with Crippen molar-refractivity contribution in [3.63, 3.8) is 0 Å². The molecule has 8 nitrogen and oxygen atoms in total. The molecule has 0 spiro atoms. The number of benzene rings is 2. The lowest BCUT2D eigenvalue weighted by Crippen LogP contribution is -2.25. The van der Waals surface area contributed by atoms with Crippen LogP contribution in [-0.4, -0.2) is 56.7 Å². The van der Waals surface area contributed by atoms with Gasteiger partial charge < -0.3 is 10.0 Å². The lowest BCUT2D eigenvalue weighted by molar-refractivity contribution is -0.138. The molecule has 2 atom stereocenters. The first-order valence-corrected chi connectivity index (χ1v) is 10.9. The van der Waals surface area contributed by atoms with Gasteiger partial charge in [0.25, 0.3) is 0 Å². The molecule has 2 aliphatic rings. The summed E-state index contributed by atoms with van der Waals surface area (Å²) in [6.45, 7) is 5.30. The van der Waals surface area contributed by atoms with Crippen molar-refractivity contribution in [3.8, 4) is 5.69 Å². The van der Waals surface area contributed by atoms with Gasteiger partial charge in [-0.3, -0.25) is 14.4 Å². The molecule has 0 aliphatic carbocycles. The molecule has 5 rings (SSSR count). The average Bonchev–Trinajstić information content (AvgIpc) is 3.35. The van der Waals surface area contributed by atoms with Crippen molar-refractivity contribution in [1.29, 1.82) is 0 Å². The molecule has 0 bridgehead atoms. The fourth-order valence-electron chi connectivity index (χ4n) is 4.44. The molecule has 32 heavy (non-hydrogen) atoms. The van der Waals surface area contributed by atoms with E-state index in [0.717, 1.165) is 40.8 Å². The van der Waals surface area contributed by atoms with Crippen LogP contribution in [0.3, 0.4) is 0 Å². The highest BCUT2D eigenvalue weighted by Crippen LogP contribution is 2.40. The number of carboxylic acids is 1. The maximum atomic E-state index is 11.1. The van der Waals surface area contributed by atoms with Crippen molar-refractivity contribution in [2.75, 3.05) is 24.5 Å². The molecule has 2 aliphatic heterocycles. The zero-order valence-electron chi connectivity index (χ0n) is 17.8. The van der Waals surface area contributed by atoms with E-state index in [1.807, 2.05) is 37.4 Å². The number of carbonyl (C=O) groups is 1. The second-order valence-corrected chi connectivity index (χ2v) is 8.73. The summed E-state index contributed by atoms with van der Waals surface area (Å²) in [6.07, 6.45) is 1.83. The molecule has 1 aromatic heterocycles. The Morgan fingerprint density at radius 1 is 1.12 bits per heavy atom. The number of hydrogen-bond donors (Lipinski definition) is 1. The minimum Gasteiger partial charge on any atom is -0.480 e. The van der Waals surface area contributed by atoms with Crippen molar-refractivity contribution in [2.45, 2.75) is 25.7 Å². The topological polar surface area (TPSA) is 86.8 Å². The summed E-state index contributed by atoms with van der Waals surface area (Å²) in [7, 11) is 0. The predicted octanol–water partition coefficient (Wildman–Crippen LogP) is 3.95. The number of aromatic nitrogens is 3. The number of rotatable bonds is 4. The number of aryl methyl sites for hydroxylation is 1. The molecular formula is C23H23ClN6O2. The normalized spacial score (nSPS) is 19.6. The smallest absolute Gasteiger partial charge is 0.324 e. The molecule has 0 saturated heterocycles. The third-order valence-corrected chi connectivity index (χ3v) is 6.23. The summed E-state index contributed by atoms with van der Waals surface area (Å²) in [4.78, 5) is 13.3. The molecule has 0 amide bonds.